The summed E-state index contributed by atoms with van der Waals surface area (Å²) in [4.78, 5) is 27.0. The summed E-state index contributed by atoms with van der Waals surface area (Å²) in [7, 11) is 0. The molecule has 0 spiro atoms. The molecule has 0 aromatic carbocycles. The lowest BCUT2D eigenvalue weighted by atomic mass is 10.2. The number of hydrogen-bond acceptors (Lipinski definition) is 5. The highest BCUT2D eigenvalue weighted by molar-refractivity contribution is 5.96. The number of aromatic nitrogens is 1. The van der Waals surface area contributed by atoms with Crippen LogP contribution in [0, 0.1) is 11.8 Å². The Morgan fingerprint density at radius 2 is 2.30 bits per heavy atom. The molecule has 1 heterocycles. The molecule has 6 nitrogen and oxygen atoms in total. The number of aliphatic hydroxyl groups excluding tert-OH is 1. The van der Waals surface area contributed by atoms with E-state index in [0.717, 1.165) is 0 Å². The third kappa shape index (κ3) is 5.08. The van der Waals surface area contributed by atoms with Crippen molar-refractivity contribution in [1.82, 2.24) is 10.3 Å². The predicted molar refractivity (Wildman–Crippen MR) is 71.8 cm³/mol. The maximum atomic E-state index is 11.9. The second-order valence-corrected chi connectivity index (χ2v) is 3.66. The molecule has 1 aromatic rings. The molecule has 0 fully saturated rings. The summed E-state index contributed by atoms with van der Waals surface area (Å²) < 4.78 is 4.71. The molecule has 1 amide bonds. The fourth-order valence-corrected chi connectivity index (χ4v) is 1.35. The van der Waals surface area contributed by atoms with Crippen LogP contribution in [0.4, 0.5) is 0 Å². The van der Waals surface area contributed by atoms with Gasteiger partial charge in [0.2, 0.25) is 0 Å². The molecule has 2 N–H and O–H groups in total. The van der Waals surface area contributed by atoms with E-state index in [0.29, 0.717) is 12.0 Å². The number of amides is 1. The minimum atomic E-state index is -0.510. The number of aliphatic hydroxyl groups is 1. The minimum Gasteiger partial charge on any atom is -0.465 e. The third-order valence-corrected chi connectivity index (χ3v) is 2.18. The highest BCUT2D eigenvalue weighted by Gasteiger charge is 2.12. The predicted octanol–water partition coefficient (Wildman–Crippen LogP) is 0.108. The highest BCUT2D eigenvalue weighted by Crippen LogP contribution is 2.03. The first kappa shape index (κ1) is 15.7. The Labute approximate surface area is 117 Å². The molecule has 6 heteroatoms. The van der Waals surface area contributed by atoms with Crippen LogP contribution in [0.1, 0.15) is 29.4 Å². The number of pyridine rings is 1. The van der Waals surface area contributed by atoms with E-state index in [-0.39, 0.29) is 25.5 Å². The topological polar surface area (TPSA) is 88.5 Å². The van der Waals surface area contributed by atoms with E-state index < -0.39 is 11.9 Å². The van der Waals surface area contributed by atoms with Gasteiger partial charge in [0, 0.05) is 12.6 Å². The lowest BCUT2D eigenvalue weighted by molar-refractivity contribution is -0.141. The summed E-state index contributed by atoms with van der Waals surface area (Å²) in [6, 6.07) is 3.31. The Balaban J connectivity index is 2.73. The summed E-state index contributed by atoms with van der Waals surface area (Å²) in [6.45, 7) is 1.69. The number of ether oxygens (including phenoxy) is 1. The highest BCUT2D eigenvalue weighted by atomic mass is 16.5. The van der Waals surface area contributed by atoms with E-state index in [4.69, 9.17) is 9.84 Å². The normalized spacial score (nSPS) is 9.30. The van der Waals surface area contributed by atoms with Crippen LogP contribution in [0.5, 0.6) is 0 Å². The van der Waals surface area contributed by atoms with Gasteiger partial charge >= 0.3 is 5.97 Å². The molecule has 0 radical (unpaired) electrons. The van der Waals surface area contributed by atoms with Crippen molar-refractivity contribution in [1.29, 1.82) is 0 Å². The van der Waals surface area contributed by atoms with Crippen LogP contribution >= 0.6 is 0 Å². The molecule has 106 valence electrons. The lowest BCUT2D eigenvalue weighted by Gasteiger charge is -2.05. The summed E-state index contributed by atoms with van der Waals surface area (Å²) in [5.74, 6) is 4.48. The molecule has 0 saturated heterocycles. The largest absolute Gasteiger partial charge is 0.465 e. The van der Waals surface area contributed by atoms with Crippen molar-refractivity contribution in [3.05, 3.63) is 29.6 Å². The van der Waals surface area contributed by atoms with Crippen molar-refractivity contribution >= 4 is 11.9 Å². The van der Waals surface area contributed by atoms with Crippen molar-refractivity contribution in [2.24, 2.45) is 0 Å². The first-order chi connectivity index (χ1) is 9.69. The zero-order chi connectivity index (χ0) is 14.8. The van der Waals surface area contributed by atoms with E-state index in [9.17, 15) is 9.59 Å². The average Bonchev–Trinajstić information content (AvgIpc) is 2.46. The van der Waals surface area contributed by atoms with E-state index in [1.807, 2.05) is 0 Å². The summed E-state index contributed by atoms with van der Waals surface area (Å²) in [6.07, 6.45) is 1.79. The fourth-order valence-electron chi connectivity index (χ4n) is 1.35. The SMILES string of the molecule is CCOC(=O)CNC(=O)c1ncccc1C#CCCO. The van der Waals surface area contributed by atoms with Crippen molar-refractivity contribution in [2.45, 2.75) is 13.3 Å². The maximum absolute atomic E-state index is 11.9. The van der Waals surface area contributed by atoms with Gasteiger partial charge in [0.1, 0.15) is 12.2 Å². The second kappa shape index (κ2) is 8.67. The van der Waals surface area contributed by atoms with Crippen LogP contribution in [0.15, 0.2) is 18.3 Å². The Morgan fingerprint density at radius 3 is 3.00 bits per heavy atom. The van der Waals surface area contributed by atoms with Crippen LogP contribution in [0.2, 0.25) is 0 Å². The summed E-state index contributed by atoms with van der Waals surface area (Å²) >= 11 is 0. The van der Waals surface area contributed by atoms with Crippen molar-refractivity contribution in [2.75, 3.05) is 19.8 Å². The Kier molecular flexibility index (Phi) is 6.79. The minimum absolute atomic E-state index is 0.0440. The van der Waals surface area contributed by atoms with E-state index in [2.05, 4.69) is 22.1 Å². The summed E-state index contributed by atoms with van der Waals surface area (Å²) in [5.41, 5.74) is 0.588. The smallest absolute Gasteiger partial charge is 0.325 e. The lowest BCUT2D eigenvalue weighted by Crippen LogP contribution is -2.31. The molecular weight excluding hydrogens is 260 g/mol. The average molecular weight is 276 g/mol. The molecule has 0 atom stereocenters. The standard InChI is InChI=1S/C14H16N2O4/c1-2-20-12(18)10-16-14(19)13-11(6-3-4-9-17)7-5-8-15-13/h5,7-8,17H,2,4,9-10H2,1H3,(H,16,19). The van der Waals surface area contributed by atoms with Crippen LogP contribution < -0.4 is 5.32 Å². The van der Waals surface area contributed by atoms with Crippen LogP contribution in [-0.2, 0) is 9.53 Å². The monoisotopic (exact) mass is 276 g/mol. The van der Waals surface area contributed by atoms with Crippen LogP contribution in [-0.4, -0.2) is 41.7 Å². The van der Waals surface area contributed by atoms with E-state index in [1.165, 1.54) is 6.20 Å². The quantitative estimate of drug-likeness (QED) is 0.588. The van der Waals surface area contributed by atoms with Crippen molar-refractivity contribution < 1.29 is 19.4 Å². The third-order valence-electron chi connectivity index (χ3n) is 2.18. The number of rotatable bonds is 5. The van der Waals surface area contributed by atoms with Gasteiger partial charge in [0.15, 0.2) is 0 Å². The molecule has 1 rings (SSSR count). The second-order valence-electron chi connectivity index (χ2n) is 3.66. The first-order valence-electron chi connectivity index (χ1n) is 6.17. The van der Waals surface area contributed by atoms with Gasteiger partial charge in [-0.3, -0.25) is 9.59 Å². The maximum Gasteiger partial charge on any atom is 0.325 e. The summed E-state index contributed by atoms with van der Waals surface area (Å²) in [5, 5.41) is 11.1. The van der Waals surface area contributed by atoms with Gasteiger partial charge in [0.25, 0.3) is 5.91 Å². The van der Waals surface area contributed by atoms with Gasteiger partial charge in [0.05, 0.1) is 18.8 Å². The van der Waals surface area contributed by atoms with Crippen molar-refractivity contribution in [3.63, 3.8) is 0 Å². The number of esters is 1. The van der Waals surface area contributed by atoms with Gasteiger partial charge in [-0.15, -0.1) is 0 Å². The number of carbonyl (C=O) groups excluding carboxylic acids is 2. The van der Waals surface area contributed by atoms with Gasteiger partial charge < -0.3 is 15.2 Å². The van der Waals surface area contributed by atoms with E-state index in [1.54, 1.807) is 19.1 Å². The van der Waals surface area contributed by atoms with Gasteiger partial charge in [-0.2, -0.15) is 0 Å². The van der Waals surface area contributed by atoms with Crippen LogP contribution in [0.3, 0.4) is 0 Å². The molecule has 0 saturated carbocycles. The first-order valence-corrected chi connectivity index (χ1v) is 6.17. The molecule has 20 heavy (non-hydrogen) atoms. The number of nitrogens with zero attached hydrogens (tertiary/aromatic N) is 1. The zero-order valence-corrected chi connectivity index (χ0v) is 11.2. The molecular formula is C14H16N2O4. The van der Waals surface area contributed by atoms with E-state index >= 15 is 0 Å². The fraction of sp³-hybridized carbons (Fsp3) is 0.357. The molecule has 0 aliphatic heterocycles. The Morgan fingerprint density at radius 1 is 1.50 bits per heavy atom. The molecule has 1 aromatic heterocycles. The Hall–Kier alpha value is -2.39. The van der Waals surface area contributed by atoms with Crippen molar-refractivity contribution in [3.8, 4) is 11.8 Å². The molecule has 0 bridgehead atoms. The molecule has 0 aliphatic rings. The number of hydrogen-bond donors (Lipinski definition) is 2. The number of nitrogens with one attached hydrogen (secondary N) is 1. The van der Waals surface area contributed by atoms with Gasteiger partial charge in [-0.05, 0) is 19.1 Å². The van der Waals surface area contributed by atoms with Crippen LogP contribution in [0.25, 0.3) is 0 Å². The molecule has 0 aliphatic carbocycles. The Bertz CT molecular complexity index is 531. The van der Waals surface area contributed by atoms with Gasteiger partial charge in [-0.25, -0.2) is 4.98 Å². The number of carbonyl (C=O) groups is 2. The van der Waals surface area contributed by atoms with Gasteiger partial charge in [-0.1, -0.05) is 11.8 Å². The zero-order valence-electron chi connectivity index (χ0n) is 11.2. The molecule has 0 unspecified atom stereocenters.